The summed E-state index contributed by atoms with van der Waals surface area (Å²) in [6.45, 7) is 1.94. The predicted octanol–water partition coefficient (Wildman–Crippen LogP) is 2.76. The minimum absolute atomic E-state index is 0.0874. The van der Waals surface area contributed by atoms with Crippen LogP contribution in [0.5, 0.6) is 0 Å². The maximum absolute atomic E-state index is 12.2. The Morgan fingerprint density at radius 2 is 1.68 bits per heavy atom. The maximum Gasteiger partial charge on any atom is 0.273 e. The van der Waals surface area contributed by atoms with Gasteiger partial charge < -0.3 is 5.32 Å². The molecule has 0 radical (unpaired) electrons. The molecule has 2 aromatic carbocycles. The Kier molecular flexibility index (Phi) is 3.96. The average Bonchev–Trinajstić information content (AvgIpc) is 3.06. The summed E-state index contributed by atoms with van der Waals surface area (Å²) in [6.07, 6.45) is 1.63. The van der Waals surface area contributed by atoms with Crippen molar-refractivity contribution in [2.24, 2.45) is 0 Å². The van der Waals surface area contributed by atoms with E-state index in [4.69, 9.17) is 0 Å². The number of hydrogen-bond donors (Lipinski definition) is 1. The molecule has 1 amide bonds. The predicted molar refractivity (Wildman–Crippen MR) is 83.7 cm³/mol. The van der Waals surface area contributed by atoms with Gasteiger partial charge in [0.2, 0.25) is 0 Å². The van der Waals surface area contributed by atoms with Crippen molar-refractivity contribution >= 4 is 5.91 Å². The van der Waals surface area contributed by atoms with Crippen molar-refractivity contribution in [3.8, 4) is 5.69 Å². The number of hydrogen-bond acceptors (Lipinski definition) is 3. The van der Waals surface area contributed by atoms with Gasteiger partial charge in [0.05, 0.1) is 17.9 Å². The standard InChI is InChI=1S/C17H16N4O/c1-13(14-8-4-2-5-9-14)18-17(22)16-12-21(20-19-16)15-10-6-3-7-11-15/h2-13H,1H3,(H,18,22)/t13-/m1/s1. The monoisotopic (exact) mass is 292 g/mol. The van der Waals surface area contributed by atoms with Gasteiger partial charge in [-0.25, -0.2) is 4.68 Å². The molecule has 3 rings (SSSR count). The Labute approximate surface area is 128 Å². The van der Waals surface area contributed by atoms with Crippen LogP contribution in [0.1, 0.15) is 29.0 Å². The summed E-state index contributed by atoms with van der Waals surface area (Å²) in [5, 5.41) is 10.9. The largest absolute Gasteiger partial charge is 0.344 e. The van der Waals surface area contributed by atoms with Gasteiger partial charge >= 0.3 is 0 Å². The molecule has 1 atom stereocenters. The molecule has 0 aliphatic heterocycles. The number of carbonyl (C=O) groups excluding carboxylic acids is 1. The van der Waals surface area contributed by atoms with Gasteiger partial charge in [-0.15, -0.1) is 5.10 Å². The molecule has 1 N–H and O–H groups in total. The van der Waals surface area contributed by atoms with E-state index in [1.165, 1.54) is 0 Å². The van der Waals surface area contributed by atoms with Gasteiger partial charge in [0.15, 0.2) is 5.69 Å². The third kappa shape index (κ3) is 3.03. The molecule has 0 saturated heterocycles. The van der Waals surface area contributed by atoms with Crippen LogP contribution in [-0.4, -0.2) is 20.9 Å². The Hall–Kier alpha value is -2.95. The molecule has 110 valence electrons. The molecule has 0 bridgehead atoms. The van der Waals surface area contributed by atoms with Crippen LogP contribution in [0.25, 0.3) is 5.69 Å². The van der Waals surface area contributed by atoms with Gasteiger partial charge in [0.1, 0.15) is 0 Å². The van der Waals surface area contributed by atoms with Crippen molar-refractivity contribution in [1.82, 2.24) is 20.3 Å². The molecular formula is C17H16N4O. The lowest BCUT2D eigenvalue weighted by atomic mass is 10.1. The lowest BCUT2D eigenvalue weighted by molar-refractivity contribution is 0.0935. The van der Waals surface area contributed by atoms with Crippen LogP contribution in [0, 0.1) is 0 Å². The molecular weight excluding hydrogens is 276 g/mol. The quantitative estimate of drug-likeness (QED) is 0.804. The van der Waals surface area contributed by atoms with Crippen molar-refractivity contribution in [3.05, 3.63) is 78.1 Å². The third-order valence-electron chi connectivity index (χ3n) is 3.39. The average molecular weight is 292 g/mol. The summed E-state index contributed by atoms with van der Waals surface area (Å²) in [6, 6.07) is 19.3. The van der Waals surface area contributed by atoms with Crippen LogP contribution in [0.3, 0.4) is 0 Å². The van der Waals surface area contributed by atoms with E-state index in [1.807, 2.05) is 67.6 Å². The number of amides is 1. The summed E-state index contributed by atoms with van der Waals surface area (Å²) < 4.78 is 1.59. The number of aromatic nitrogens is 3. The molecule has 22 heavy (non-hydrogen) atoms. The Bertz CT molecular complexity index is 753. The summed E-state index contributed by atoms with van der Waals surface area (Å²) in [5.74, 6) is -0.237. The molecule has 1 heterocycles. The van der Waals surface area contributed by atoms with Crippen molar-refractivity contribution < 1.29 is 4.79 Å². The van der Waals surface area contributed by atoms with Crippen molar-refractivity contribution in [2.75, 3.05) is 0 Å². The van der Waals surface area contributed by atoms with Gasteiger partial charge in [-0.1, -0.05) is 53.7 Å². The molecule has 3 aromatic rings. The lowest BCUT2D eigenvalue weighted by Gasteiger charge is -2.12. The highest BCUT2D eigenvalue weighted by Crippen LogP contribution is 2.12. The first-order valence-electron chi connectivity index (χ1n) is 7.07. The molecule has 0 aliphatic carbocycles. The molecule has 0 spiro atoms. The van der Waals surface area contributed by atoms with Crippen LogP contribution < -0.4 is 5.32 Å². The van der Waals surface area contributed by atoms with Crippen molar-refractivity contribution in [2.45, 2.75) is 13.0 Å². The van der Waals surface area contributed by atoms with Crippen molar-refractivity contribution in [1.29, 1.82) is 0 Å². The van der Waals surface area contributed by atoms with E-state index < -0.39 is 0 Å². The smallest absolute Gasteiger partial charge is 0.273 e. The van der Waals surface area contributed by atoms with E-state index in [1.54, 1.807) is 10.9 Å². The topological polar surface area (TPSA) is 59.8 Å². The van der Waals surface area contributed by atoms with Crippen LogP contribution in [0.2, 0.25) is 0 Å². The highest BCUT2D eigenvalue weighted by atomic mass is 16.2. The summed E-state index contributed by atoms with van der Waals surface area (Å²) in [5.41, 5.74) is 2.21. The van der Waals surface area contributed by atoms with Crippen molar-refractivity contribution in [3.63, 3.8) is 0 Å². The fraction of sp³-hybridized carbons (Fsp3) is 0.118. The number of carbonyl (C=O) groups is 1. The second kappa shape index (κ2) is 6.22. The van der Waals surface area contributed by atoms with Crippen LogP contribution >= 0.6 is 0 Å². The lowest BCUT2D eigenvalue weighted by Crippen LogP contribution is -2.26. The third-order valence-corrected chi connectivity index (χ3v) is 3.39. The van der Waals surface area contributed by atoms with Gasteiger partial charge in [-0.05, 0) is 24.6 Å². The minimum Gasteiger partial charge on any atom is -0.344 e. The molecule has 1 aromatic heterocycles. The Morgan fingerprint density at radius 1 is 1.05 bits per heavy atom. The maximum atomic E-state index is 12.2. The van der Waals surface area contributed by atoms with E-state index in [9.17, 15) is 4.79 Å². The number of nitrogens with zero attached hydrogens (tertiary/aromatic N) is 3. The van der Waals surface area contributed by atoms with Gasteiger partial charge in [-0.2, -0.15) is 0 Å². The Balaban J connectivity index is 1.72. The molecule has 5 nitrogen and oxygen atoms in total. The van der Waals surface area contributed by atoms with Crippen LogP contribution in [0.15, 0.2) is 66.9 Å². The molecule has 0 fully saturated rings. The van der Waals surface area contributed by atoms with Gasteiger partial charge in [0.25, 0.3) is 5.91 Å². The van der Waals surface area contributed by atoms with E-state index in [0.717, 1.165) is 11.3 Å². The number of nitrogens with one attached hydrogen (secondary N) is 1. The fourth-order valence-electron chi connectivity index (χ4n) is 2.17. The highest BCUT2D eigenvalue weighted by Gasteiger charge is 2.14. The van der Waals surface area contributed by atoms with Crippen LogP contribution in [-0.2, 0) is 0 Å². The molecule has 0 unspecified atom stereocenters. The second-order valence-corrected chi connectivity index (χ2v) is 4.99. The summed E-state index contributed by atoms with van der Waals surface area (Å²) in [7, 11) is 0. The van der Waals surface area contributed by atoms with E-state index in [-0.39, 0.29) is 11.9 Å². The second-order valence-electron chi connectivity index (χ2n) is 4.99. The number of para-hydroxylation sites is 1. The zero-order valence-electron chi connectivity index (χ0n) is 12.2. The summed E-state index contributed by atoms with van der Waals surface area (Å²) in [4.78, 5) is 12.2. The van der Waals surface area contributed by atoms with E-state index >= 15 is 0 Å². The Morgan fingerprint density at radius 3 is 2.36 bits per heavy atom. The van der Waals surface area contributed by atoms with E-state index in [0.29, 0.717) is 5.69 Å². The normalized spacial score (nSPS) is 11.9. The zero-order chi connectivity index (χ0) is 15.4. The van der Waals surface area contributed by atoms with E-state index in [2.05, 4.69) is 15.6 Å². The zero-order valence-corrected chi connectivity index (χ0v) is 12.2. The molecule has 5 heteroatoms. The summed E-state index contributed by atoms with van der Waals surface area (Å²) >= 11 is 0. The minimum atomic E-state index is -0.237. The first-order chi connectivity index (χ1) is 10.7. The first kappa shape index (κ1) is 14.0. The van der Waals surface area contributed by atoms with Crippen LogP contribution in [0.4, 0.5) is 0 Å². The SMILES string of the molecule is C[C@@H](NC(=O)c1cn(-c2ccccc2)nn1)c1ccccc1. The van der Waals surface area contributed by atoms with Gasteiger partial charge in [-0.3, -0.25) is 4.79 Å². The van der Waals surface area contributed by atoms with Gasteiger partial charge in [0, 0.05) is 0 Å². The highest BCUT2D eigenvalue weighted by molar-refractivity contribution is 5.92. The fourth-order valence-corrected chi connectivity index (χ4v) is 2.17. The molecule has 0 saturated carbocycles. The molecule has 0 aliphatic rings. The number of rotatable bonds is 4. The first-order valence-corrected chi connectivity index (χ1v) is 7.07. The number of benzene rings is 2.